The largest absolute Gasteiger partial charge is 0.378 e. The van der Waals surface area contributed by atoms with Crippen molar-refractivity contribution in [3.05, 3.63) is 54.4 Å². The molecule has 0 fully saturated rings. The summed E-state index contributed by atoms with van der Waals surface area (Å²) in [4.78, 5) is 6.69. The Hall–Kier alpha value is -2.62. The van der Waals surface area contributed by atoms with Gasteiger partial charge in [-0.15, -0.1) is 0 Å². The van der Waals surface area contributed by atoms with Gasteiger partial charge in [0.15, 0.2) is 11.0 Å². The van der Waals surface area contributed by atoms with Crippen LogP contribution in [-0.2, 0) is 14.1 Å². The van der Waals surface area contributed by atoms with Crippen molar-refractivity contribution in [2.75, 3.05) is 19.0 Å². The second kappa shape index (κ2) is 5.64. The lowest BCUT2D eigenvalue weighted by Crippen LogP contribution is -2.32. The Morgan fingerprint density at radius 2 is 1.73 bits per heavy atom. The van der Waals surface area contributed by atoms with Gasteiger partial charge in [-0.25, -0.2) is 14.1 Å². The predicted molar refractivity (Wildman–Crippen MR) is 92.1 cm³/mol. The van der Waals surface area contributed by atoms with Gasteiger partial charge in [-0.05, 0) is 36.4 Å². The van der Waals surface area contributed by atoms with Crippen molar-refractivity contribution in [2.24, 2.45) is 19.1 Å². The van der Waals surface area contributed by atoms with Crippen LogP contribution in [0.2, 0.25) is 0 Å². The molecule has 4 nitrogen and oxygen atoms in total. The van der Waals surface area contributed by atoms with Crippen molar-refractivity contribution in [3.63, 3.8) is 0 Å². The number of hydrogen-bond donors (Lipinski definition) is 0. The molecule has 0 radical (unpaired) electrons. The Labute approximate surface area is 130 Å². The summed E-state index contributed by atoms with van der Waals surface area (Å²) in [6.45, 7) is 0. The zero-order valence-corrected chi connectivity index (χ0v) is 13.5. The fourth-order valence-electron chi connectivity index (χ4n) is 2.65. The van der Waals surface area contributed by atoms with Gasteiger partial charge in [-0.3, -0.25) is 0 Å². The summed E-state index contributed by atoms with van der Waals surface area (Å²) in [5.74, 6) is 1.07. The first-order valence-corrected chi connectivity index (χ1v) is 7.33. The topological polar surface area (TPSA) is 24.4 Å². The van der Waals surface area contributed by atoms with Crippen LogP contribution in [0.5, 0.6) is 0 Å². The molecule has 0 aliphatic carbocycles. The predicted octanol–water partition coefficient (Wildman–Crippen LogP) is 2.82. The standard InChI is InChI=1S/C18H21N4/c1-20(2)15-11-9-14(10-12-15)19-13-18-21(3)16-7-5-6-8-17(16)22(18)4/h5-13H,1-4H3/q+1. The van der Waals surface area contributed by atoms with Gasteiger partial charge in [0, 0.05) is 19.8 Å². The highest BCUT2D eigenvalue weighted by atomic mass is 15.1. The number of anilines is 1. The number of nitrogens with zero attached hydrogens (tertiary/aromatic N) is 4. The second-order valence-electron chi connectivity index (χ2n) is 5.63. The minimum atomic E-state index is 0.954. The van der Waals surface area contributed by atoms with Gasteiger partial charge >= 0.3 is 5.82 Å². The third-order valence-corrected chi connectivity index (χ3v) is 3.99. The van der Waals surface area contributed by atoms with E-state index in [4.69, 9.17) is 0 Å². The summed E-state index contributed by atoms with van der Waals surface area (Å²) in [6.07, 6.45) is 1.92. The lowest BCUT2D eigenvalue weighted by Gasteiger charge is -2.11. The molecule has 0 saturated heterocycles. The van der Waals surface area contributed by atoms with E-state index in [0.29, 0.717) is 0 Å². The average Bonchev–Trinajstić information content (AvgIpc) is 2.78. The SMILES string of the molecule is CN(C)c1ccc(N=Cc2n(C)c3ccccc3[n+]2C)cc1. The van der Waals surface area contributed by atoms with Crippen molar-refractivity contribution in [1.29, 1.82) is 0 Å². The van der Waals surface area contributed by atoms with Crippen LogP contribution in [0.4, 0.5) is 11.4 Å². The van der Waals surface area contributed by atoms with Crippen molar-refractivity contribution < 1.29 is 4.57 Å². The van der Waals surface area contributed by atoms with E-state index in [1.807, 2.05) is 32.4 Å². The zero-order chi connectivity index (χ0) is 15.7. The van der Waals surface area contributed by atoms with Crippen molar-refractivity contribution in [2.45, 2.75) is 0 Å². The highest BCUT2D eigenvalue weighted by molar-refractivity contribution is 5.82. The normalized spacial score (nSPS) is 11.5. The molecule has 112 valence electrons. The first-order valence-electron chi connectivity index (χ1n) is 7.33. The van der Waals surface area contributed by atoms with Crippen LogP contribution >= 0.6 is 0 Å². The van der Waals surface area contributed by atoms with Crippen LogP contribution in [0.1, 0.15) is 5.82 Å². The first kappa shape index (κ1) is 14.3. The van der Waals surface area contributed by atoms with Crippen LogP contribution in [0, 0.1) is 0 Å². The Balaban J connectivity index is 1.95. The number of imidazole rings is 1. The molecular formula is C18H21N4+. The Morgan fingerprint density at radius 3 is 2.36 bits per heavy atom. The molecule has 1 heterocycles. The number of aryl methyl sites for hydroxylation is 2. The Morgan fingerprint density at radius 1 is 1.05 bits per heavy atom. The van der Waals surface area contributed by atoms with Crippen LogP contribution in [0.15, 0.2) is 53.5 Å². The summed E-state index contributed by atoms with van der Waals surface area (Å²) in [6, 6.07) is 16.6. The molecule has 0 aliphatic heterocycles. The van der Waals surface area contributed by atoms with E-state index < -0.39 is 0 Å². The maximum absolute atomic E-state index is 4.61. The summed E-state index contributed by atoms with van der Waals surface area (Å²) in [7, 11) is 8.21. The van der Waals surface area contributed by atoms with Crippen LogP contribution < -0.4 is 9.47 Å². The quantitative estimate of drug-likeness (QED) is 0.538. The fourth-order valence-corrected chi connectivity index (χ4v) is 2.65. The van der Waals surface area contributed by atoms with Gasteiger partial charge in [0.05, 0.1) is 19.8 Å². The highest BCUT2D eigenvalue weighted by Gasteiger charge is 2.17. The smallest absolute Gasteiger partial charge is 0.300 e. The molecule has 4 heteroatoms. The van der Waals surface area contributed by atoms with E-state index in [0.717, 1.165) is 11.5 Å². The fraction of sp³-hybridized carbons (Fsp3) is 0.222. The van der Waals surface area contributed by atoms with Gasteiger partial charge in [0.2, 0.25) is 0 Å². The number of hydrogen-bond acceptors (Lipinski definition) is 2. The molecule has 2 aromatic carbocycles. The van der Waals surface area contributed by atoms with E-state index >= 15 is 0 Å². The van der Waals surface area contributed by atoms with Crippen LogP contribution in [0.3, 0.4) is 0 Å². The van der Waals surface area contributed by atoms with E-state index in [9.17, 15) is 0 Å². The van der Waals surface area contributed by atoms with Gasteiger partial charge in [-0.2, -0.15) is 0 Å². The third kappa shape index (κ3) is 2.48. The van der Waals surface area contributed by atoms with E-state index in [2.05, 4.69) is 69.5 Å². The average molecular weight is 293 g/mol. The van der Waals surface area contributed by atoms with Gasteiger partial charge in [-0.1, -0.05) is 12.1 Å². The number of aromatic nitrogens is 2. The summed E-state index contributed by atoms with van der Waals surface area (Å²) in [5.41, 5.74) is 4.54. The summed E-state index contributed by atoms with van der Waals surface area (Å²) >= 11 is 0. The Bertz CT molecular complexity index is 787. The maximum atomic E-state index is 4.61. The van der Waals surface area contributed by atoms with Gasteiger partial charge in [0.1, 0.15) is 6.21 Å². The van der Waals surface area contributed by atoms with E-state index in [-0.39, 0.29) is 0 Å². The molecule has 0 amide bonds. The summed E-state index contributed by atoms with van der Waals surface area (Å²) in [5, 5.41) is 0. The molecule has 3 rings (SSSR count). The van der Waals surface area contributed by atoms with Crippen molar-refractivity contribution in [1.82, 2.24) is 4.57 Å². The monoisotopic (exact) mass is 293 g/mol. The van der Waals surface area contributed by atoms with E-state index in [1.165, 1.54) is 16.7 Å². The number of benzene rings is 2. The molecule has 3 aromatic rings. The molecule has 0 unspecified atom stereocenters. The van der Waals surface area contributed by atoms with Crippen LogP contribution in [-0.4, -0.2) is 24.9 Å². The molecule has 0 N–H and O–H groups in total. The van der Waals surface area contributed by atoms with Crippen molar-refractivity contribution >= 4 is 28.6 Å². The highest BCUT2D eigenvalue weighted by Crippen LogP contribution is 2.18. The second-order valence-corrected chi connectivity index (χ2v) is 5.63. The van der Waals surface area contributed by atoms with Gasteiger partial charge in [0.25, 0.3) is 0 Å². The molecule has 0 saturated carbocycles. The number of para-hydroxylation sites is 2. The van der Waals surface area contributed by atoms with Crippen molar-refractivity contribution in [3.8, 4) is 0 Å². The molecule has 0 atom stereocenters. The van der Waals surface area contributed by atoms with Crippen LogP contribution in [0.25, 0.3) is 11.0 Å². The molecule has 0 bridgehead atoms. The number of fused-ring (bicyclic) bond motifs is 1. The van der Waals surface area contributed by atoms with Gasteiger partial charge < -0.3 is 4.90 Å². The number of rotatable bonds is 3. The molecule has 1 aromatic heterocycles. The summed E-state index contributed by atoms with van der Waals surface area (Å²) < 4.78 is 4.32. The minimum Gasteiger partial charge on any atom is -0.378 e. The maximum Gasteiger partial charge on any atom is 0.300 e. The lowest BCUT2D eigenvalue weighted by atomic mass is 10.3. The van der Waals surface area contributed by atoms with E-state index in [1.54, 1.807) is 0 Å². The zero-order valence-electron chi connectivity index (χ0n) is 13.5. The molecule has 22 heavy (non-hydrogen) atoms. The molecule has 0 spiro atoms. The third-order valence-electron chi connectivity index (χ3n) is 3.99. The number of aliphatic imine (C=N–C) groups is 1. The Kier molecular flexibility index (Phi) is 3.67. The molecule has 0 aliphatic rings. The minimum absolute atomic E-state index is 0.954. The first-order chi connectivity index (χ1) is 10.6. The lowest BCUT2D eigenvalue weighted by molar-refractivity contribution is -0.646. The molecular weight excluding hydrogens is 272 g/mol.